The molecule has 2 heterocycles. The number of benzene rings is 3. The Labute approximate surface area is 243 Å². The lowest BCUT2D eigenvalue weighted by Gasteiger charge is -2.25. The molecular formula is C31H30ClFN6O2. The molecule has 10 heteroatoms. The molecule has 8 nitrogen and oxygen atoms in total. The lowest BCUT2D eigenvalue weighted by Crippen LogP contribution is -2.26. The molecule has 0 radical (unpaired) electrons. The maximum absolute atomic E-state index is 14.3. The molecule has 1 aliphatic heterocycles. The van der Waals surface area contributed by atoms with Crippen LogP contribution in [0.4, 0.5) is 27.5 Å². The van der Waals surface area contributed by atoms with Gasteiger partial charge in [-0.3, -0.25) is 0 Å². The lowest BCUT2D eigenvalue weighted by molar-refractivity contribution is 0.221. The third-order valence-corrected chi connectivity index (χ3v) is 7.33. The van der Waals surface area contributed by atoms with Crippen LogP contribution in [0.25, 0.3) is 0 Å². The van der Waals surface area contributed by atoms with Crippen molar-refractivity contribution in [1.82, 2.24) is 15.3 Å². The Kier molecular flexibility index (Phi) is 8.82. The molecule has 1 aromatic heterocycles. The zero-order valence-corrected chi connectivity index (χ0v) is 23.5. The summed E-state index contributed by atoms with van der Waals surface area (Å²) in [6.45, 7) is 3.72. The average molecular weight is 573 g/mol. The van der Waals surface area contributed by atoms with E-state index in [2.05, 4.69) is 38.1 Å². The Morgan fingerprint density at radius 2 is 1.88 bits per heavy atom. The van der Waals surface area contributed by atoms with Gasteiger partial charge in [0, 0.05) is 17.3 Å². The second-order valence-corrected chi connectivity index (χ2v) is 10.1. The number of halogens is 2. The third-order valence-electron chi connectivity index (χ3n) is 7.05. The molecule has 5 rings (SSSR count). The fraction of sp³-hybridized carbons (Fsp3) is 0.258. The Morgan fingerprint density at radius 1 is 1.07 bits per heavy atom. The molecule has 4 aromatic rings. The van der Waals surface area contributed by atoms with Crippen molar-refractivity contribution < 1.29 is 13.9 Å². The number of methoxy groups -OCH3 is 1. The van der Waals surface area contributed by atoms with Gasteiger partial charge < -0.3 is 25.4 Å². The first kappa shape index (κ1) is 28.1. The number of piperidine rings is 1. The molecule has 0 saturated carbocycles. The van der Waals surface area contributed by atoms with Crippen molar-refractivity contribution in [2.45, 2.75) is 31.8 Å². The number of aromatic nitrogens is 2. The molecule has 0 aliphatic carbocycles. The van der Waals surface area contributed by atoms with Crippen LogP contribution in [-0.2, 0) is 0 Å². The molecule has 1 saturated heterocycles. The van der Waals surface area contributed by atoms with Crippen LogP contribution >= 0.6 is 11.6 Å². The highest BCUT2D eigenvalue weighted by atomic mass is 35.5. The molecule has 41 heavy (non-hydrogen) atoms. The van der Waals surface area contributed by atoms with Crippen molar-refractivity contribution in [1.29, 1.82) is 5.26 Å². The fourth-order valence-electron chi connectivity index (χ4n) is 4.94. The van der Waals surface area contributed by atoms with Crippen molar-refractivity contribution in [2.75, 3.05) is 30.8 Å². The van der Waals surface area contributed by atoms with E-state index in [4.69, 9.17) is 21.1 Å². The van der Waals surface area contributed by atoms with Gasteiger partial charge >= 0.3 is 0 Å². The number of rotatable bonds is 9. The number of nitrogens with zero attached hydrogens (tertiary/aromatic N) is 3. The zero-order chi connectivity index (χ0) is 28.8. The molecule has 0 unspecified atom stereocenters. The highest BCUT2D eigenvalue weighted by Crippen LogP contribution is 2.36. The van der Waals surface area contributed by atoms with E-state index in [0.717, 1.165) is 37.4 Å². The van der Waals surface area contributed by atoms with Gasteiger partial charge in [-0.25, -0.2) is 9.37 Å². The summed E-state index contributed by atoms with van der Waals surface area (Å²) in [5.41, 5.74) is 3.02. The molecule has 1 atom stereocenters. The average Bonchev–Trinajstić information content (AvgIpc) is 2.99. The van der Waals surface area contributed by atoms with E-state index in [1.54, 1.807) is 50.4 Å². The number of nitrogens with one attached hydrogen (secondary N) is 3. The zero-order valence-electron chi connectivity index (χ0n) is 22.7. The van der Waals surface area contributed by atoms with E-state index in [1.165, 1.54) is 17.8 Å². The number of nitriles is 1. The van der Waals surface area contributed by atoms with Gasteiger partial charge in [0.05, 0.1) is 19.0 Å². The quantitative estimate of drug-likeness (QED) is 0.193. The van der Waals surface area contributed by atoms with Crippen LogP contribution in [0.3, 0.4) is 0 Å². The van der Waals surface area contributed by atoms with Crippen LogP contribution in [0.1, 0.15) is 48.5 Å². The van der Waals surface area contributed by atoms with Gasteiger partial charge in [-0.1, -0.05) is 41.9 Å². The predicted molar refractivity (Wildman–Crippen MR) is 158 cm³/mol. The van der Waals surface area contributed by atoms with Gasteiger partial charge in [-0.05, 0) is 68.6 Å². The van der Waals surface area contributed by atoms with E-state index < -0.39 is 6.10 Å². The molecule has 0 bridgehead atoms. The summed E-state index contributed by atoms with van der Waals surface area (Å²) in [5, 5.41) is 20.0. The monoisotopic (exact) mass is 572 g/mol. The summed E-state index contributed by atoms with van der Waals surface area (Å²) in [5.74, 6) is 1.81. The van der Waals surface area contributed by atoms with E-state index in [9.17, 15) is 9.65 Å². The van der Waals surface area contributed by atoms with Crippen molar-refractivity contribution in [3.05, 3.63) is 94.4 Å². The van der Waals surface area contributed by atoms with Crippen molar-refractivity contribution in [2.24, 2.45) is 0 Å². The van der Waals surface area contributed by atoms with Gasteiger partial charge in [0.2, 0.25) is 5.95 Å². The van der Waals surface area contributed by atoms with E-state index in [-0.39, 0.29) is 16.4 Å². The smallest absolute Gasteiger partial charge is 0.229 e. The van der Waals surface area contributed by atoms with Gasteiger partial charge in [-0.15, -0.1) is 0 Å². The SMILES string of the molecule is COc1cc(Nc2ncc(Cl)c(Nc3cccc(O[C@@H](C)c4ccccc4F)c3C#N)n2)ccc1C1CCNCC1. The molecule has 0 spiro atoms. The van der Waals surface area contributed by atoms with Gasteiger partial charge in [0.1, 0.15) is 40.1 Å². The molecule has 3 N–H and O–H groups in total. The van der Waals surface area contributed by atoms with Crippen LogP contribution in [0.5, 0.6) is 11.5 Å². The normalized spacial score (nSPS) is 14.1. The molecule has 0 amide bonds. The van der Waals surface area contributed by atoms with Crippen LogP contribution in [0, 0.1) is 17.1 Å². The van der Waals surface area contributed by atoms with Crippen LogP contribution < -0.4 is 25.4 Å². The first-order valence-electron chi connectivity index (χ1n) is 13.4. The highest BCUT2D eigenvalue weighted by molar-refractivity contribution is 6.32. The highest BCUT2D eigenvalue weighted by Gasteiger charge is 2.20. The summed E-state index contributed by atoms with van der Waals surface area (Å²) in [6, 6.07) is 19.7. The molecule has 3 aromatic carbocycles. The minimum Gasteiger partial charge on any atom is -0.496 e. The van der Waals surface area contributed by atoms with Crippen molar-refractivity contribution >= 4 is 34.7 Å². The Hall–Kier alpha value is -4.39. The maximum atomic E-state index is 14.3. The summed E-state index contributed by atoms with van der Waals surface area (Å²) in [4.78, 5) is 8.86. The van der Waals surface area contributed by atoms with E-state index in [0.29, 0.717) is 34.7 Å². The van der Waals surface area contributed by atoms with Crippen LogP contribution in [-0.4, -0.2) is 30.2 Å². The number of hydrogen-bond acceptors (Lipinski definition) is 8. The summed E-state index contributed by atoms with van der Waals surface area (Å²) in [7, 11) is 1.67. The van der Waals surface area contributed by atoms with Crippen molar-refractivity contribution in [3.8, 4) is 17.6 Å². The van der Waals surface area contributed by atoms with Crippen molar-refractivity contribution in [3.63, 3.8) is 0 Å². The predicted octanol–water partition coefficient (Wildman–Crippen LogP) is 7.24. The standard InChI is InChI=1S/C31H30ClFN6O2/c1-19(22-6-3-4-7-26(22)33)41-28-9-5-8-27(24(28)17-34)38-30-25(32)18-36-31(39-30)37-21-10-11-23(29(16-21)40-2)20-12-14-35-15-13-20/h3-11,16,18-20,35H,12-15H2,1-2H3,(H2,36,37,38,39)/t19-/m0/s1. The Morgan fingerprint density at radius 3 is 2.63 bits per heavy atom. The fourth-order valence-corrected chi connectivity index (χ4v) is 5.08. The topological polar surface area (TPSA) is 104 Å². The summed E-state index contributed by atoms with van der Waals surface area (Å²) >= 11 is 6.42. The van der Waals surface area contributed by atoms with E-state index >= 15 is 0 Å². The third kappa shape index (κ3) is 6.51. The van der Waals surface area contributed by atoms with Crippen LogP contribution in [0.15, 0.2) is 66.9 Å². The number of hydrogen-bond donors (Lipinski definition) is 3. The van der Waals surface area contributed by atoms with Crippen LogP contribution in [0.2, 0.25) is 5.02 Å². The molecule has 210 valence electrons. The molecular weight excluding hydrogens is 543 g/mol. The largest absolute Gasteiger partial charge is 0.496 e. The lowest BCUT2D eigenvalue weighted by atomic mass is 9.89. The Bertz CT molecular complexity index is 1570. The van der Waals surface area contributed by atoms with Gasteiger partial charge in [0.15, 0.2) is 5.82 Å². The molecule has 1 aliphatic rings. The first-order chi connectivity index (χ1) is 20.0. The number of ether oxygens (including phenoxy) is 2. The van der Waals surface area contributed by atoms with Gasteiger partial charge in [-0.2, -0.15) is 10.2 Å². The summed E-state index contributed by atoms with van der Waals surface area (Å²) in [6.07, 6.45) is 3.00. The number of anilines is 4. The van der Waals surface area contributed by atoms with E-state index in [1.807, 2.05) is 12.1 Å². The summed E-state index contributed by atoms with van der Waals surface area (Å²) < 4.78 is 26.0. The minimum atomic E-state index is -0.616. The molecule has 1 fully saturated rings. The first-order valence-corrected chi connectivity index (χ1v) is 13.7. The minimum absolute atomic E-state index is 0.234. The van der Waals surface area contributed by atoms with Gasteiger partial charge in [0.25, 0.3) is 0 Å². The second kappa shape index (κ2) is 12.9. The Balaban J connectivity index is 1.36. The second-order valence-electron chi connectivity index (χ2n) is 9.69. The maximum Gasteiger partial charge on any atom is 0.229 e.